The third-order valence-electron chi connectivity index (χ3n) is 2.76. The minimum atomic E-state index is -0.405. The van der Waals surface area contributed by atoms with E-state index >= 15 is 0 Å². The van der Waals surface area contributed by atoms with Gasteiger partial charge in [0, 0.05) is 28.3 Å². The maximum atomic E-state index is 6.38. The Bertz CT molecular complexity index is 495. The van der Waals surface area contributed by atoms with Crippen LogP contribution in [-0.4, -0.2) is 4.98 Å². The monoisotopic (exact) mass is 290 g/mol. The number of nitrogens with two attached hydrogens (primary N) is 1. The maximum Gasteiger partial charge on any atom is 0.0437 e. The summed E-state index contributed by atoms with van der Waals surface area (Å²) >= 11 is 3.47. The van der Waals surface area contributed by atoms with Gasteiger partial charge in [0.1, 0.15) is 0 Å². The molecule has 3 heteroatoms. The molecule has 0 fully saturated rings. The number of halogens is 1. The quantitative estimate of drug-likeness (QED) is 0.942. The van der Waals surface area contributed by atoms with Crippen LogP contribution in [-0.2, 0) is 12.0 Å². The molecule has 0 saturated heterocycles. The van der Waals surface area contributed by atoms with E-state index in [-0.39, 0.29) is 0 Å². The van der Waals surface area contributed by atoms with Crippen LogP contribution in [0.4, 0.5) is 0 Å². The third kappa shape index (κ3) is 3.14. The van der Waals surface area contributed by atoms with E-state index in [1.54, 1.807) is 6.20 Å². The Labute approximate surface area is 110 Å². The smallest absolute Gasteiger partial charge is 0.0437 e. The summed E-state index contributed by atoms with van der Waals surface area (Å²) in [4.78, 5) is 4.32. The van der Waals surface area contributed by atoms with Crippen LogP contribution >= 0.6 is 15.9 Å². The molecule has 0 spiro atoms. The first kappa shape index (κ1) is 12.3. The summed E-state index contributed by atoms with van der Waals surface area (Å²) in [6, 6.07) is 14.0. The zero-order valence-electron chi connectivity index (χ0n) is 9.73. The lowest BCUT2D eigenvalue weighted by Gasteiger charge is -2.25. The number of hydrogen-bond acceptors (Lipinski definition) is 2. The number of aromatic nitrogens is 1. The van der Waals surface area contributed by atoms with Gasteiger partial charge in [-0.25, -0.2) is 0 Å². The van der Waals surface area contributed by atoms with Crippen LogP contribution in [0.25, 0.3) is 0 Å². The normalized spacial score (nSPS) is 14.3. The van der Waals surface area contributed by atoms with Crippen LogP contribution < -0.4 is 5.73 Å². The molecular formula is C14H15BrN2. The number of benzene rings is 1. The molecule has 1 aromatic carbocycles. The summed E-state index contributed by atoms with van der Waals surface area (Å²) < 4.78 is 1.05. The summed E-state index contributed by atoms with van der Waals surface area (Å²) in [5.41, 5.74) is 8.09. The summed E-state index contributed by atoms with van der Waals surface area (Å²) in [6.07, 6.45) is 2.52. The van der Waals surface area contributed by atoms with Gasteiger partial charge in [0.05, 0.1) is 0 Å². The molecule has 0 aliphatic rings. The van der Waals surface area contributed by atoms with E-state index in [4.69, 9.17) is 5.73 Å². The molecular weight excluding hydrogens is 276 g/mol. The highest BCUT2D eigenvalue weighted by molar-refractivity contribution is 9.10. The lowest BCUT2D eigenvalue weighted by atomic mass is 9.88. The third-order valence-corrected chi connectivity index (χ3v) is 3.25. The van der Waals surface area contributed by atoms with E-state index in [1.165, 1.54) is 0 Å². The first-order valence-corrected chi connectivity index (χ1v) is 6.32. The second kappa shape index (κ2) is 4.98. The first-order valence-electron chi connectivity index (χ1n) is 5.53. The Balaban J connectivity index is 2.25. The van der Waals surface area contributed by atoms with Crippen molar-refractivity contribution in [2.45, 2.75) is 18.9 Å². The van der Waals surface area contributed by atoms with Crippen LogP contribution in [0.5, 0.6) is 0 Å². The fourth-order valence-corrected chi connectivity index (χ4v) is 2.22. The van der Waals surface area contributed by atoms with Gasteiger partial charge in [0.2, 0.25) is 0 Å². The summed E-state index contributed by atoms with van der Waals surface area (Å²) in [5.74, 6) is 0. The van der Waals surface area contributed by atoms with Crippen molar-refractivity contribution in [1.82, 2.24) is 4.98 Å². The lowest BCUT2D eigenvalue weighted by molar-refractivity contribution is 0.485. The van der Waals surface area contributed by atoms with Gasteiger partial charge < -0.3 is 5.73 Å². The topological polar surface area (TPSA) is 38.9 Å². The Kier molecular flexibility index (Phi) is 3.60. The van der Waals surface area contributed by atoms with Crippen molar-refractivity contribution < 1.29 is 0 Å². The van der Waals surface area contributed by atoms with Crippen LogP contribution in [0.3, 0.4) is 0 Å². The Morgan fingerprint density at radius 2 is 2.06 bits per heavy atom. The predicted molar refractivity (Wildman–Crippen MR) is 73.6 cm³/mol. The molecule has 0 radical (unpaired) electrons. The van der Waals surface area contributed by atoms with E-state index < -0.39 is 5.54 Å². The van der Waals surface area contributed by atoms with Crippen LogP contribution in [0.15, 0.2) is 53.1 Å². The molecule has 2 rings (SSSR count). The largest absolute Gasteiger partial charge is 0.321 e. The average molecular weight is 291 g/mol. The molecule has 2 N–H and O–H groups in total. The van der Waals surface area contributed by atoms with Crippen molar-refractivity contribution in [2.75, 3.05) is 0 Å². The predicted octanol–water partition coefficient (Wildman–Crippen LogP) is 3.26. The molecule has 88 valence electrons. The fraction of sp³-hybridized carbons (Fsp3) is 0.214. The van der Waals surface area contributed by atoms with E-state index in [1.807, 2.05) is 43.3 Å². The SMILES string of the molecule is CC(N)(Cc1ccccn1)c1cccc(Br)c1. The minimum absolute atomic E-state index is 0.405. The molecule has 0 amide bonds. The Morgan fingerprint density at radius 3 is 2.71 bits per heavy atom. The van der Waals surface area contributed by atoms with Gasteiger partial charge in [-0.1, -0.05) is 34.1 Å². The highest BCUT2D eigenvalue weighted by atomic mass is 79.9. The summed E-state index contributed by atoms with van der Waals surface area (Å²) in [7, 11) is 0. The van der Waals surface area contributed by atoms with Gasteiger partial charge in [0.25, 0.3) is 0 Å². The van der Waals surface area contributed by atoms with E-state index in [0.717, 1.165) is 22.2 Å². The first-order chi connectivity index (χ1) is 8.08. The van der Waals surface area contributed by atoms with E-state index in [2.05, 4.69) is 27.0 Å². The van der Waals surface area contributed by atoms with Crippen molar-refractivity contribution in [1.29, 1.82) is 0 Å². The molecule has 0 bridgehead atoms. The Morgan fingerprint density at radius 1 is 1.24 bits per heavy atom. The maximum absolute atomic E-state index is 6.38. The van der Waals surface area contributed by atoms with E-state index in [9.17, 15) is 0 Å². The highest BCUT2D eigenvalue weighted by Crippen LogP contribution is 2.24. The second-order valence-electron chi connectivity index (χ2n) is 4.43. The number of nitrogens with zero attached hydrogens (tertiary/aromatic N) is 1. The van der Waals surface area contributed by atoms with Crippen molar-refractivity contribution in [3.8, 4) is 0 Å². The Hall–Kier alpha value is -1.19. The van der Waals surface area contributed by atoms with Gasteiger partial charge >= 0.3 is 0 Å². The van der Waals surface area contributed by atoms with Crippen LogP contribution in [0.1, 0.15) is 18.2 Å². The van der Waals surface area contributed by atoms with Gasteiger partial charge in [-0.15, -0.1) is 0 Å². The van der Waals surface area contributed by atoms with Gasteiger partial charge in [0.15, 0.2) is 0 Å². The molecule has 1 unspecified atom stereocenters. The highest BCUT2D eigenvalue weighted by Gasteiger charge is 2.22. The number of rotatable bonds is 3. The molecule has 0 aliphatic carbocycles. The van der Waals surface area contributed by atoms with Gasteiger partial charge in [-0.3, -0.25) is 4.98 Å². The molecule has 1 aromatic heterocycles. The fourth-order valence-electron chi connectivity index (χ4n) is 1.82. The zero-order chi connectivity index (χ0) is 12.3. The zero-order valence-corrected chi connectivity index (χ0v) is 11.3. The molecule has 1 atom stereocenters. The molecule has 2 nitrogen and oxygen atoms in total. The average Bonchev–Trinajstić information content (AvgIpc) is 2.30. The van der Waals surface area contributed by atoms with Gasteiger partial charge in [-0.2, -0.15) is 0 Å². The van der Waals surface area contributed by atoms with Crippen LogP contribution in [0.2, 0.25) is 0 Å². The van der Waals surface area contributed by atoms with Gasteiger partial charge in [-0.05, 0) is 36.8 Å². The van der Waals surface area contributed by atoms with Crippen molar-refractivity contribution in [3.63, 3.8) is 0 Å². The van der Waals surface area contributed by atoms with Crippen molar-refractivity contribution in [3.05, 3.63) is 64.4 Å². The minimum Gasteiger partial charge on any atom is -0.321 e. The second-order valence-corrected chi connectivity index (χ2v) is 5.34. The van der Waals surface area contributed by atoms with E-state index in [0.29, 0.717) is 0 Å². The van der Waals surface area contributed by atoms with Crippen molar-refractivity contribution >= 4 is 15.9 Å². The number of hydrogen-bond donors (Lipinski definition) is 1. The van der Waals surface area contributed by atoms with Crippen molar-refractivity contribution in [2.24, 2.45) is 5.73 Å². The number of pyridine rings is 1. The summed E-state index contributed by atoms with van der Waals surface area (Å²) in [6.45, 7) is 2.03. The molecule has 2 aromatic rings. The molecule has 0 aliphatic heterocycles. The summed E-state index contributed by atoms with van der Waals surface area (Å²) in [5, 5.41) is 0. The molecule has 1 heterocycles. The lowest BCUT2D eigenvalue weighted by Crippen LogP contribution is -2.35. The standard InChI is InChI=1S/C14H15BrN2/c1-14(16,10-13-7-2-3-8-17-13)11-5-4-6-12(15)9-11/h2-9H,10,16H2,1H3. The molecule has 0 saturated carbocycles. The van der Waals surface area contributed by atoms with Crippen LogP contribution in [0, 0.1) is 0 Å². The molecule has 17 heavy (non-hydrogen) atoms.